The van der Waals surface area contributed by atoms with Gasteiger partial charge in [-0.1, -0.05) is 13.8 Å². The zero-order valence-electron chi connectivity index (χ0n) is 9.11. The topological polar surface area (TPSA) is 47.0 Å². The molecule has 78 valence electrons. The van der Waals surface area contributed by atoms with Gasteiger partial charge in [-0.25, -0.2) is 0 Å². The Morgan fingerprint density at radius 1 is 1.29 bits per heavy atom. The molecule has 1 aromatic heterocycles. The van der Waals surface area contributed by atoms with E-state index in [0.29, 0.717) is 11.8 Å². The fourth-order valence-electron chi connectivity index (χ4n) is 1.43. The molecule has 0 aliphatic carbocycles. The first-order chi connectivity index (χ1) is 6.69. The molecule has 1 unspecified atom stereocenters. The third-order valence-electron chi connectivity index (χ3n) is 2.17. The molecule has 0 fully saturated rings. The summed E-state index contributed by atoms with van der Waals surface area (Å²) in [6.07, 6.45) is 0. The third kappa shape index (κ3) is 2.42. The van der Waals surface area contributed by atoms with E-state index < -0.39 is 0 Å². The smallest absolute Gasteiger partial charge is 0.233 e. The second-order valence-corrected chi connectivity index (χ2v) is 3.51. The van der Waals surface area contributed by atoms with Crippen LogP contribution in [0.2, 0.25) is 0 Å². The molecular weight excluding hydrogens is 178 g/mol. The predicted octanol–water partition coefficient (Wildman–Crippen LogP) is 1.40. The maximum atomic E-state index is 4.95. The van der Waals surface area contributed by atoms with Gasteiger partial charge in [-0.05, 0) is 19.0 Å². The maximum absolute atomic E-state index is 4.95. The largest absolute Gasteiger partial charge is 0.480 e. The number of methoxy groups -OCH3 is 1. The van der Waals surface area contributed by atoms with Crippen LogP contribution in [0.5, 0.6) is 5.88 Å². The molecule has 0 amide bonds. The van der Waals surface area contributed by atoms with Crippen molar-refractivity contribution in [1.82, 2.24) is 15.5 Å². The first-order valence-corrected chi connectivity index (χ1v) is 4.74. The number of ether oxygens (including phenoxy) is 1. The second-order valence-electron chi connectivity index (χ2n) is 3.51. The molecule has 0 radical (unpaired) electrons. The molecule has 1 heterocycles. The first kappa shape index (κ1) is 10.9. The molecule has 0 aliphatic heterocycles. The fourth-order valence-corrected chi connectivity index (χ4v) is 1.43. The highest BCUT2D eigenvalue weighted by Gasteiger charge is 2.15. The predicted molar refractivity (Wildman–Crippen MR) is 55.2 cm³/mol. The number of hydrogen-bond acceptors (Lipinski definition) is 4. The van der Waals surface area contributed by atoms with E-state index in [-0.39, 0.29) is 6.04 Å². The summed E-state index contributed by atoms with van der Waals surface area (Å²) in [5, 5.41) is 11.3. The van der Waals surface area contributed by atoms with E-state index in [1.807, 2.05) is 19.2 Å². The van der Waals surface area contributed by atoms with Crippen LogP contribution in [0.15, 0.2) is 12.1 Å². The Kier molecular flexibility index (Phi) is 3.83. The van der Waals surface area contributed by atoms with Crippen molar-refractivity contribution in [1.29, 1.82) is 0 Å². The lowest BCUT2D eigenvalue weighted by atomic mass is 10.0. The van der Waals surface area contributed by atoms with Gasteiger partial charge in [-0.15, -0.1) is 5.10 Å². The lowest BCUT2D eigenvalue weighted by molar-refractivity contribution is 0.384. The van der Waals surface area contributed by atoms with E-state index in [2.05, 4.69) is 29.4 Å². The van der Waals surface area contributed by atoms with Gasteiger partial charge >= 0.3 is 0 Å². The molecule has 1 atom stereocenters. The van der Waals surface area contributed by atoms with Crippen LogP contribution in [-0.2, 0) is 0 Å². The molecule has 0 spiro atoms. The lowest BCUT2D eigenvalue weighted by Crippen LogP contribution is -2.23. The fraction of sp³-hybridized carbons (Fsp3) is 0.600. The molecule has 0 bridgehead atoms. The summed E-state index contributed by atoms with van der Waals surface area (Å²) in [5.74, 6) is 1.04. The van der Waals surface area contributed by atoms with Crippen molar-refractivity contribution in [2.45, 2.75) is 19.9 Å². The molecule has 0 saturated carbocycles. The first-order valence-electron chi connectivity index (χ1n) is 4.74. The highest BCUT2D eigenvalue weighted by atomic mass is 16.5. The number of aromatic nitrogens is 2. The van der Waals surface area contributed by atoms with Crippen LogP contribution in [0.4, 0.5) is 0 Å². The summed E-state index contributed by atoms with van der Waals surface area (Å²) in [7, 11) is 3.51. The van der Waals surface area contributed by atoms with E-state index in [1.165, 1.54) is 0 Å². The van der Waals surface area contributed by atoms with Gasteiger partial charge in [0.15, 0.2) is 0 Å². The van der Waals surface area contributed by atoms with Crippen LogP contribution in [0.1, 0.15) is 25.6 Å². The summed E-state index contributed by atoms with van der Waals surface area (Å²) >= 11 is 0. The minimum Gasteiger partial charge on any atom is -0.480 e. The normalized spacial score (nSPS) is 12.9. The highest BCUT2D eigenvalue weighted by Crippen LogP contribution is 2.19. The van der Waals surface area contributed by atoms with Gasteiger partial charge in [0.25, 0.3) is 0 Å². The molecule has 1 rings (SSSR count). The van der Waals surface area contributed by atoms with Crippen LogP contribution >= 0.6 is 0 Å². The monoisotopic (exact) mass is 195 g/mol. The van der Waals surface area contributed by atoms with E-state index in [0.717, 1.165) is 5.69 Å². The van der Waals surface area contributed by atoms with Crippen LogP contribution in [-0.4, -0.2) is 24.4 Å². The van der Waals surface area contributed by atoms with Gasteiger partial charge in [0.05, 0.1) is 18.8 Å². The van der Waals surface area contributed by atoms with Gasteiger partial charge in [0.2, 0.25) is 5.88 Å². The van der Waals surface area contributed by atoms with Crippen molar-refractivity contribution >= 4 is 0 Å². The molecule has 4 heteroatoms. The van der Waals surface area contributed by atoms with Gasteiger partial charge in [0.1, 0.15) is 0 Å². The van der Waals surface area contributed by atoms with Crippen molar-refractivity contribution in [3.05, 3.63) is 17.8 Å². The Hall–Kier alpha value is -1.16. The SMILES string of the molecule is CNC(c1ccc(OC)nn1)C(C)C. The Morgan fingerprint density at radius 2 is 2.00 bits per heavy atom. The molecule has 0 aliphatic rings. The molecule has 4 nitrogen and oxygen atoms in total. The summed E-state index contributed by atoms with van der Waals surface area (Å²) in [5.41, 5.74) is 0.948. The minimum absolute atomic E-state index is 0.244. The average Bonchev–Trinajstić information content (AvgIpc) is 2.19. The zero-order chi connectivity index (χ0) is 10.6. The lowest BCUT2D eigenvalue weighted by Gasteiger charge is -2.18. The Morgan fingerprint density at radius 3 is 2.36 bits per heavy atom. The van der Waals surface area contributed by atoms with Crippen LogP contribution < -0.4 is 10.1 Å². The van der Waals surface area contributed by atoms with Gasteiger partial charge < -0.3 is 10.1 Å². The summed E-state index contributed by atoms with van der Waals surface area (Å²) in [4.78, 5) is 0. The highest BCUT2D eigenvalue weighted by molar-refractivity contribution is 5.14. The Bertz CT molecular complexity index is 271. The average molecular weight is 195 g/mol. The van der Waals surface area contributed by atoms with Crippen LogP contribution in [0.3, 0.4) is 0 Å². The van der Waals surface area contributed by atoms with Gasteiger partial charge in [0, 0.05) is 6.07 Å². The number of nitrogens with zero attached hydrogens (tertiary/aromatic N) is 2. The number of hydrogen-bond donors (Lipinski definition) is 1. The van der Waals surface area contributed by atoms with Gasteiger partial charge in [-0.3, -0.25) is 0 Å². The summed E-state index contributed by atoms with van der Waals surface area (Å²) < 4.78 is 4.95. The van der Waals surface area contributed by atoms with E-state index in [1.54, 1.807) is 7.11 Å². The molecule has 0 aromatic carbocycles. The van der Waals surface area contributed by atoms with Crippen molar-refractivity contribution in [2.24, 2.45) is 5.92 Å². The third-order valence-corrected chi connectivity index (χ3v) is 2.17. The van der Waals surface area contributed by atoms with E-state index in [4.69, 9.17) is 4.74 Å². The quantitative estimate of drug-likeness (QED) is 0.789. The summed E-state index contributed by atoms with van der Waals surface area (Å²) in [6, 6.07) is 4.01. The van der Waals surface area contributed by atoms with Crippen molar-refractivity contribution < 1.29 is 4.74 Å². The molecule has 14 heavy (non-hydrogen) atoms. The summed E-state index contributed by atoms with van der Waals surface area (Å²) in [6.45, 7) is 4.29. The molecule has 0 saturated heterocycles. The van der Waals surface area contributed by atoms with Crippen molar-refractivity contribution in [3.8, 4) is 5.88 Å². The van der Waals surface area contributed by atoms with Gasteiger partial charge in [-0.2, -0.15) is 5.10 Å². The van der Waals surface area contributed by atoms with Crippen molar-refractivity contribution in [2.75, 3.05) is 14.2 Å². The molecule has 1 aromatic rings. The standard InChI is InChI=1S/C10H17N3O/c1-7(2)10(11-3)8-5-6-9(14-4)13-12-8/h5-7,10-11H,1-4H3. The molecular formula is C10H17N3O. The van der Waals surface area contributed by atoms with Crippen LogP contribution in [0, 0.1) is 5.92 Å². The van der Waals surface area contributed by atoms with E-state index >= 15 is 0 Å². The zero-order valence-corrected chi connectivity index (χ0v) is 9.11. The maximum Gasteiger partial charge on any atom is 0.233 e. The minimum atomic E-state index is 0.244. The second kappa shape index (κ2) is 4.91. The van der Waals surface area contributed by atoms with E-state index in [9.17, 15) is 0 Å². The number of nitrogens with one attached hydrogen (secondary N) is 1. The number of rotatable bonds is 4. The molecule has 1 N–H and O–H groups in total. The Balaban J connectivity index is 2.84. The Labute approximate surface area is 84.7 Å². The van der Waals surface area contributed by atoms with Crippen LogP contribution in [0.25, 0.3) is 0 Å². The van der Waals surface area contributed by atoms with Crippen molar-refractivity contribution in [3.63, 3.8) is 0 Å².